The lowest BCUT2D eigenvalue weighted by Gasteiger charge is -2.33. The molecule has 0 atom stereocenters. The molecule has 0 unspecified atom stereocenters. The first-order valence-electron chi connectivity index (χ1n) is 15.1. The van der Waals surface area contributed by atoms with Crippen LogP contribution in [0.25, 0.3) is 11.1 Å². The lowest BCUT2D eigenvalue weighted by atomic mass is 9.70. The quantitative estimate of drug-likeness (QED) is 0.164. The van der Waals surface area contributed by atoms with Gasteiger partial charge in [-0.15, -0.1) is 0 Å². The van der Waals surface area contributed by atoms with Crippen LogP contribution in [0, 0.1) is 0 Å². The molecule has 9 heteroatoms. The van der Waals surface area contributed by atoms with Crippen LogP contribution in [-0.2, 0) is 43.1 Å². The predicted octanol–water partition coefficient (Wildman–Crippen LogP) is 5.03. The molecule has 43 heavy (non-hydrogen) atoms. The molecule has 2 aliphatic rings. The average molecular weight is 601 g/mol. The van der Waals surface area contributed by atoms with Crippen molar-refractivity contribution in [3.63, 3.8) is 0 Å². The third-order valence-corrected chi connectivity index (χ3v) is 8.77. The molecule has 0 aromatic heterocycles. The highest BCUT2D eigenvalue weighted by Gasteiger charge is 2.52. The van der Waals surface area contributed by atoms with Crippen LogP contribution in [0.1, 0.15) is 59.1 Å². The topological polar surface area (TPSA) is 73.8 Å². The van der Waals surface area contributed by atoms with Gasteiger partial charge in [0.15, 0.2) is 0 Å². The van der Waals surface area contributed by atoms with Crippen molar-refractivity contribution in [3.8, 4) is 11.1 Å². The Kier molecular flexibility index (Phi) is 13.7. The summed E-state index contributed by atoms with van der Waals surface area (Å²) in [6, 6.07) is 15.4. The molecule has 0 saturated carbocycles. The van der Waals surface area contributed by atoms with Crippen molar-refractivity contribution >= 4 is 12.6 Å². The molecule has 8 nitrogen and oxygen atoms in total. The number of rotatable bonds is 19. The zero-order valence-electron chi connectivity index (χ0n) is 26.4. The van der Waals surface area contributed by atoms with E-state index in [0.717, 1.165) is 18.3 Å². The van der Waals surface area contributed by atoms with Gasteiger partial charge in [0.2, 0.25) is 0 Å². The van der Waals surface area contributed by atoms with E-state index in [1.165, 1.54) is 22.3 Å². The number of methoxy groups -OCH3 is 2. The summed E-state index contributed by atoms with van der Waals surface area (Å²) >= 11 is 0. The molecule has 1 heterocycles. The number of benzene rings is 2. The van der Waals surface area contributed by atoms with Crippen molar-refractivity contribution < 1.29 is 37.7 Å². The molecule has 1 saturated heterocycles. The van der Waals surface area contributed by atoms with Gasteiger partial charge in [-0.05, 0) is 68.3 Å². The highest BCUT2D eigenvalue weighted by molar-refractivity contribution is 6.62. The Labute approximate surface area is 259 Å². The Morgan fingerprint density at radius 2 is 1.05 bits per heavy atom. The lowest BCUT2D eigenvalue weighted by molar-refractivity contribution is 0.00578. The van der Waals surface area contributed by atoms with Crippen LogP contribution in [0.15, 0.2) is 42.5 Å². The van der Waals surface area contributed by atoms with Crippen LogP contribution >= 0.6 is 0 Å². The Hall–Kier alpha value is -1.82. The molecule has 0 amide bonds. The minimum atomic E-state index is -0.428. The maximum absolute atomic E-state index is 6.44. The normalized spacial score (nSPS) is 17.5. The molecule has 2 aromatic carbocycles. The summed E-state index contributed by atoms with van der Waals surface area (Å²) in [5.41, 5.74) is 5.03. The van der Waals surface area contributed by atoms with E-state index in [9.17, 15) is 0 Å². The SMILES string of the molecule is C.COCCOCCOCCC1(CCOCCOCCOC)c2ccccc2-c2ccc(B3OC(C)(C)C(C)(C)O3)cc21. The van der Waals surface area contributed by atoms with Crippen molar-refractivity contribution in [1.29, 1.82) is 0 Å². The summed E-state index contributed by atoms with van der Waals surface area (Å²) < 4.78 is 46.4. The molecule has 0 radical (unpaired) electrons. The molecule has 1 fully saturated rings. The van der Waals surface area contributed by atoms with E-state index >= 15 is 0 Å². The summed E-state index contributed by atoms with van der Waals surface area (Å²) in [6.07, 6.45) is 1.63. The Bertz CT molecular complexity index is 1090. The molecule has 1 aliphatic carbocycles. The maximum Gasteiger partial charge on any atom is 0.494 e. The van der Waals surface area contributed by atoms with Crippen molar-refractivity contribution in [3.05, 3.63) is 53.6 Å². The third-order valence-electron chi connectivity index (χ3n) is 8.77. The van der Waals surface area contributed by atoms with Crippen LogP contribution in [0.5, 0.6) is 0 Å². The summed E-state index contributed by atoms with van der Waals surface area (Å²) in [4.78, 5) is 0. The van der Waals surface area contributed by atoms with Gasteiger partial charge in [-0.1, -0.05) is 49.9 Å². The maximum atomic E-state index is 6.44. The summed E-state index contributed by atoms with van der Waals surface area (Å²) in [7, 11) is 2.92. The zero-order valence-corrected chi connectivity index (χ0v) is 26.4. The van der Waals surface area contributed by atoms with Gasteiger partial charge >= 0.3 is 7.12 Å². The predicted molar refractivity (Wildman–Crippen MR) is 171 cm³/mol. The first kappa shape index (κ1) is 35.7. The molecule has 1 aliphatic heterocycles. The van der Waals surface area contributed by atoms with Gasteiger partial charge in [-0.3, -0.25) is 0 Å². The largest absolute Gasteiger partial charge is 0.494 e. The Morgan fingerprint density at radius 3 is 1.58 bits per heavy atom. The van der Waals surface area contributed by atoms with Gasteiger partial charge in [0.1, 0.15) is 0 Å². The summed E-state index contributed by atoms with van der Waals surface area (Å²) in [5.74, 6) is 0. The zero-order chi connectivity index (χ0) is 30.1. The highest BCUT2D eigenvalue weighted by atomic mass is 16.7. The van der Waals surface area contributed by atoms with E-state index in [4.69, 9.17) is 37.7 Å². The average Bonchev–Trinajstić information content (AvgIpc) is 3.37. The fraction of sp³-hybridized carbons (Fsp3) is 0.647. The molecule has 2 aromatic rings. The van der Waals surface area contributed by atoms with Gasteiger partial charge in [-0.2, -0.15) is 0 Å². The molecular formula is C34H53BO8. The Balaban J connectivity index is 0.00000506. The van der Waals surface area contributed by atoms with Crippen LogP contribution < -0.4 is 5.46 Å². The lowest BCUT2D eigenvalue weighted by Crippen LogP contribution is -2.41. The van der Waals surface area contributed by atoms with E-state index in [2.05, 4.69) is 70.2 Å². The second-order valence-corrected chi connectivity index (χ2v) is 12.0. The first-order valence-corrected chi connectivity index (χ1v) is 15.1. The van der Waals surface area contributed by atoms with Crippen LogP contribution in [0.2, 0.25) is 0 Å². The second kappa shape index (κ2) is 16.5. The smallest absolute Gasteiger partial charge is 0.399 e. The van der Waals surface area contributed by atoms with Crippen molar-refractivity contribution in [2.75, 3.05) is 80.3 Å². The van der Waals surface area contributed by atoms with Gasteiger partial charge in [-0.25, -0.2) is 0 Å². The van der Waals surface area contributed by atoms with Gasteiger partial charge in [0.05, 0.1) is 64.1 Å². The van der Waals surface area contributed by atoms with Crippen LogP contribution in [-0.4, -0.2) is 98.6 Å². The minimum Gasteiger partial charge on any atom is -0.399 e. The second-order valence-electron chi connectivity index (χ2n) is 12.0. The standard InChI is InChI=1S/C33H49BO8.CH4/c1-31(2)32(3,4)42-34(41-31)26-11-12-28-27-9-7-8-10-29(27)33(30(28)25-26,13-15-37-21-23-39-19-17-35-5)14-16-38-22-24-40-20-18-36-6;/h7-12,25H,13-24H2,1-6H3;1H4. The van der Waals surface area contributed by atoms with Gasteiger partial charge < -0.3 is 37.7 Å². The summed E-state index contributed by atoms with van der Waals surface area (Å²) in [5, 5.41) is 0. The fourth-order valence-corrected chi connectivity index (χ4v) is 5.68. The van der Waals surface area contributed by atoms with E-state index in [1.54, 1.807) is 14.2 Å². The van der Waals surface area contributed by atoms with E-state index in [1.807, 2.05) is 0 Å². The van der Waals surface area contributed by atoms with E-state index in [0.29, 0.717) is 66.1 Å². The van der Waals surface area contributed by atoms with E-state index in [-0.39, 0.29) is 12.8 Å². The van der Waals surface area contributed by atoms with Crippen LogP contribution in [0.4, 0.5) is 0 Å². The molecule has 0 bridgehead atoms. The Morgan fingerprint density at radius 1 is 0.581 bits per heavy atom. The number of hydrogen-bond acceptors (Lipinski definition) is 8. The van der Waals surface area contributed by atoms with Crippen LogP contribution in [0.3, 0.4) is 0 Å². The van der Waals surface area contributed by atoms with Gasteiger partial charge in [0, 0.05) is 32.8 Å². The summed E-state index contributed by atoms with van der Waals surface area (Å²) in [6.45, 7) is 14.0. The monoisotopic (exact) mass is 600 g/mol. The van der Waals surface area contributed by atoms with E-state index < -0.39 is 18.3 Å². The van der Waals surface area contributed by atoms with Crippen molar-refractivity contribution in [2.45, 2.75) is 64.6 Å². The third kappa shape index (κ3) is 8.47. The highest BCUT2D eigenvalue weighted by Crippen LogP contribution is 2.52. The number of fused-ring (bicyclic) bond motifs is 3. The van der Waals surface area contributed by atoms with Gasteiger partial charge in [0.25, 0.3) is 0 Å². The molecule has 4 rings (SSSR count). The molecule has 0 spiro atoms. The van der Waals surface area contributed by atoms with Crippen molar-refractivity contribution in [1.82, 2.24) is 0 Å². The molecule has 240 valence electrons. The fourth-order valence-electron chi connectivity index (χ4n) is 5.68. The number of hydrogen-bond donors (Lipinski definition) is 0. The molecular weight excluding hydrogens is 547 g/mol. The molecule has 0 N–H and O–H groups in total. The van der Waals surface area contributed by atoms with Crippen molar-refractivity contribution in [2.24, 2.45) is 0 Å². The number of ether oxygens (including phenoxy) is 6. The minimum absolute atomic E-state index is 0. The first-order chi connectivity index (χ1) is 20.3.